The second-order valence-corrected chi connectivity index (χ2v) is 13.7. The molecular weight excluding hydrogens is 470 g/mol. The fourth-order valence-electron chi connectivity index (χ4n) is 6.32. The van der Waals surface area contributed by atoms with E-state index in [0.717, 1.165) is 0 Å². The molecule has 0 heterocycles. The lowest BCUT2D eigenvalue weighted by molar-refractivity contribution is 0.102. The predicted molar refractivity (Wildman–Crippen MR) is 181 cm³/mol. The van der Waals surface area contributed by atoms with Crippen molar-refractivity contribution in [3.63, 3.8) is 0 Å². The van der Waals surface area contributed by atoms with Crippen LogP contribution < -0.4 is 0 Å². The molecule has 1 heteroatoms. The molecule has 0 radical (unpaired) electrons. The Morgan fingerprint density at radius 3 is 0.821 bits per heavy atom. The second kappa shape index (κ2) is 30.9. The van der Waals surface area contributed by atoms with Gasteiger partial charge in [0.15, 0.2) is 0 Å². The van der Waals surface area contributed by atoms with Crippen LogP contribution in [-0.4, -0.2) is 23.5 Å². The molecule has 0 unspecified atom stereocenters. The molecule has 39 heavy (non-hydrogen) atoms. The minimum Gasteiger partial charge on any atom is -0.298 e. The normalized spacial score (nSPS) is 12.2. The van der Waals surface area contributed by atoms with E-state index in [2.05, 4.69) is 39.5 Å². The minimum atomic E-state index is 0.375. The molecule has 0 atom stereocenters. The first-order valence-electron chi connectivity index (χ1n) is 18.8. The van der Waals surface area contributed by atoms with Gasteiger partial charge in [-0.05, 0) is 46.2 Å². The molecule has 0 aromatic carbocycles. The fourth-order valence-corrected chi connectivity index (χ4v) is 6.32. The molecule has 0 amide bonds. The summed E-state index contributed by atoms with van der Waals surface area (Å²) >= 11 is 0. The van der Waals surface area contributed by atoms with Gasteiger partial charge in [0.2, 0.25) is 0 Å². The number of rotatable bonds is 33. The van der Waals surface area contributed by atoms with Crippen LogP contribution in [0.2, 0.25) is 0 Å². The van der Waals surface area contributed by atoms with Gasteiger partial charge in [0, 0.05) is 5.54 Å². The summed E-state index contributed by atoms with van der Waals surface area (Å²) < 4.78 is 0. The Morgan fingerprint density at radius 1 is 0.308 bits per heavy atom. The largest absolute Gasteiger partial charge is 0.298 e. The molecule has 0 rings (SSSR count). The Bertz CT molecular complexity index is 418. The number of hydrogen-bond acceptors (Lipinski definition) is 1. The van der Waals surface area contributed by atoms with E-state index >= 15 is 0 Å². The average Bonchev–Trinajstić information content (AvgIpc) is 2.92. The van der Waals surface area contributed by atoms with E-state index in [4.69, 9.17) is 0 Å². The third-order valence-corrected chi connectivity index (χ3v) is 9.31. The Kier molecular flexibility index (Phi) is 30.9. The molecule has 0 saturated heterocycles. The van der Waals surface area contributed by atoms with Crippen molar-refractivity contribution in [3.05, 3.63) is 0 Å². The molecule has 0 aliphatic carbocycles. The van der Waals surface area contributed by atoms with Gasteiger partial charge < -0.3 is 0 Å². The SMILES string of the molecule is CCCCCCCCCCCCN(CCCCCCCCCCCC)C(C)(C)CCCCCCCCCCC. The van der Waals surface area contributed by atoms with E-state index < -0.39 is 0 Å². The smallest absolute Gasteiger partial charge is 0.0153 e. The van der Waals surface area contributed by atoms with E-state index in [0.29, 0.717) is 5.54 Å². The van der Waals surface area contributed by atoms with Gasteiger partial charge in [-0.3, -0.25) is 4.90 Å². The maximum absolute atomic E-state index is 2.91. The highest BCUT2D eigenvalue weighted by Gasteiger charge is 2.25. The first-order valence-corrected chi connectivity index (χ1v) is 18.8. The van der Waals surface area contributed by atoms with E-state index in [-0.39, 0.29) is 0 Å². The average molecular weight is 550 g/mol. The molecule has 0 spiro atoms. The molecule has 0 N–H and O–H groups in total. The van der Waals surface area contributed by atoms with Crippen molar-refractivity contribution in [1.82, 2.24) is 4.90 Å². The Morgan fingerprint density at radius 2 is 0.538 bits per heavy atom. The summed E-state index contributed by atoms with van der Waals surface area (Å²) in [5, 5.41) is 0. The highest BCUT2D eigenvalue weighted by molar-refractivity contribution is 4.81. The lowest BCUT2D eigenvalue weighted by Crippen LogP contribution is -2.45. The topological polar surface area (TPSA) is 3.24 Å². The van der Waals surface area contributed by atoms with Crippen LogP contribution in [0.5, 0.6) is 0 Å². The minimum absolute atomic E-state index is 0.375. The van der Waals surface area contributed by atoms with Gasteiger partial charge in [-0.25, -0.2) is 0 Å². The predicted octanol–water partition coefficient (Wildman–Crippen LogP) is 13.8. The first-order chi connectivity index (χ1) is 19.1. The standard InChI is InChI=1S/C38H79N/c1-6-9-12-15-18-21-24-27-30-33-36-39(37-34-31-28-25-22-19-16-13-10-7-2)38(4,5)35-32-29-26-23-20-17-14-11-8-3/h6-37H2,1-5H3. The summed E-state index contributed by atoms with van der Waals surface area (Å²) in [5.41, 5.74) is 0.375. The van der Waals surface area contributed by atoms with Crippen molar-refractivity contribution >= 4 is 0 Å². The highest BCUT2D eigenvalue weighted by atomic mass is 15.2. The summed E-state index contributed by atoms with van der Waals surface area (Å²) in [6, 6.07) is 0. The van der Waals surface area contributed by atoms with Gasteiger partial charge >= 0.3 is 0 Å². The van der Waals surface area contributed by atoms with Gasteiger partial charge in [0.25, 0.3) is 0 Å². The van der Waals surface area contributed by atoms with Gasteiger partial charge in [-0.1, -0.05) is 194 Å². The van der Waals surface area contributed by atoms with E-state index in [9.17, 15) is 0 Å². The molecule has 0 fully saturated rings. The van der Waals surface area contributed by atoms with Crippen LogP contribution in [0.4, 0.5) is 0 Å². The number of nitrogens with zero attached hydrogens (tertiary/aromatic N) is 1. The molecule has 0 saturated carbocycles. The van der Waals surface area contributed by atoms with Crippen molar-refractivity contribution in [3.8, 4) is 0 Å². The van der Waals surface area contributed by atoms with Crippen molar-refractivity contribution in [2.75, 3.05) is 13.1 Å². The highest BCUT2D eigenvalue weighted by Crippen LogP contribution is 2.25. The van der Waals surface area contributed by atoms with Crippen LogP contribution in [0.15, 0.2) is 0 Å². The van der Waals surface area contributed by atoms with Crippen LogP contribution in [0.1, 0.15) is 227 Å². The zero-order chi connectivity index (χ0) is 28.7. The van der Waals surface area contributed by atoms with Crippen LogP contribution >= 0.6 is 0 Å². The molecule has 1 nitrogen and oxygen atoms in total. The van der Waals surface area contributed by atoms with Crippen molar-refractivity contribution in [1.29, 1.82) is 0 Å². The van der Waals surface area contributed by atoms with Gasteiger partial charge in [0.1, 0.15) is 0 Å². The Balaban J connectivity index is 4.22. The molecule has 0 bridgehead atoms. The van der Waals surface area contributed by atoms with E-state index in [1.807, 2.05) is 0 Å². The van der Waals surface area contributed by atoms with Crippen LogP contribution in [0.25, 0.3) is 0 Å². The molecular formula is C38H79N. The summed E-state index contributed by atoms with van der Waals surface area (Å²) in [7, 11) is 0. The van der Waals surface area contributed by atoms with Crippen molar-refractivity contribution < 1.29 is 0 Å². The lowest BCUT2D eigenvalue weighted by atomic mass is 9.92. The second-order valence-electron chi connectivity index (χ2n) is 13.7. The fraction of sp³-hybridized carbons (Fsp3) is 1.00. The summed E-state index contributed by atoms with van der Waals surface area (Å²) in [6.45, 7) is 14.7. The molecule has 236 valence electrons. The summed E-state index contributed by atoms with van der Waals surface area (Å²) in [5.74, 6) is 0. The monoisotopic (exact) mass is 550 g/mol. The third-order valence-electron chi connectivity index (χ3n) is 9.31. The number of hydrogen-bond donors (Lipinski definition) is 0. The Labute approximate surface area is 250 Å². The van der Waals surface area contributed by atoms with E-state index in [1.54, 1.807) is 0 Å². The van der Waals surface area contributed by atoms with Gasteiger partial charge in [-0.2, -0.15) is 0 Å². The van der Waals surface area contributed by atoms with Crippen LogP contribution in [-0.2, 0) is 0 Å². The third kappa shape index (κ3) is 27.9. The lowest BCUT2D eigenvalue weighted by Gasteiger charge is -2.39. The molecule has 0 aromatic heterocycles. The number of unbranched alkanes of at least 4 members (excludes halogenated alkanes) is 26. The molecule has 0 aliphatic heterocycles. The van der Waals surface area contributed by atoms with Gasteiger partial charge in [-0.15, -0.1) is 0 Å². The van der Waals surface area contributed by atoms with Crippen LogP contribution in [0, 0.1) is 0 Å². The molecule has 0 aromatic rings. The summed E-state index contributed by atoms with van der Waals surface area (Å²) in [6.07, 6.45) is 43.2. The molecule has 0 aliphatic rings. The van der Waals surface area contributed by atoms with Crippen LogP contribution in [0.3, 0.4) is 0 Å². The zero-order valence-electron chi connectivity index (χ0n) is 28.6. The maximum atomic E-state index is 2.91. The first kappa shape index (κ1) is 39.0. The maximum Gasteiger partial charge on any atom is 0.0153 e. The van der Waals surface area contributed by atoms with Crippen molar-refractivity contribution in [2.45, 2.75) is 233 Å². The van der Waals surface area contributed by atoms with E-state index in [1.165, 1.54) is 206 Å². The van der Waals surface area contributed by atoms with Gasteiger partial charge in [0.05, 0.1) is 0 Å². The van der Waals surface area contributed by atoms with Crippen molar-refractivity contribution in [2.24, 2.45) is 0 Å². The Hall–Kier alpha value is -0.0400. The zero-order valence-corrected chi connectivity index (χ0v) is 28.6. The quantitative estimate of drug-likeness (QED) is 0.0736. The summed E-state index contributed by atoms with van der Waals surface area (Å²) in [4.78, 5) is 2.91.